The number of rotatable bonds is 15. The fourth-order valence-electron chi connectivity index (χ4n) is 5.82. The smallest absolute Gasteiger partial charge is 0.144 e. The molecule has 5 heteroatoms. The number of hydrogen-bond donors (Lipinski definition) is 2. The van der Waals surface area contributed by atoms with Crippen LogP contribution in [0.15, 0.2) is 77.8 Å². The van der Waals surface area contributed by atoms with E-state index in [1.54, 1.807) is 18.3 Å². The van der Waals surface area contributed by atoms with Crippen molar-refractivity contribution < 1.29 is 19.7 Å². The number of aliphatic imine (C=N–C) groups is 1. The third kappa shape index (κ3) is 7.91. The molecule has 1 fully saturated rings. The lowest BCUT2D eigenvalue weighted by molar-refractivity contribution is 0.0355. The predicted molar refractivity (Wildman–Crippen MR) is 167 cm³/mol. The molecule has 1 aliphatic carbocycles. The first-order valence-electron chi connectivity index (χ1n) is 15.6. The number of unbranched alkanes of at least 4 members (excludes halogenated alkanes) is 2. The molecule has 0 spiro atoms. The van der Waals surface area contributed by atoms with Gasteiger partial charge in [0.1, 0.15) is 22.8 Å². The molecule has 0 saturated heterocycles. The molecule has 3 aromatic carbocycles. The molecule has 220 valence electrons. The molecule has 0 aromatic heterocycles. The summed E-state index contributed by atoms with van der Waals surface area (Å²) in [5.41, 5.74) is 0.489. The summed E-state index contributed by atoms with van der Waals surface area (Å²) in [6.07, 6.45) is 12.3. The van der Waals surface area contributed by atoms with E-state index >= 15 is 0 Å². The van der Waals surface area contributed by atoms with Crippen molar-refractivity contribution in [3.63, 3.8) is 0 Å². The maximum atomic E-state index is 13.2. The van der Waals surface area contributed by atoms with Crippen LogP contribution in [0.2, 0.25) is 0 Å². The van der Waals surface area contributed by atoms with E-state index < -0.39 is 11.6 Å². The average molecular weight is 558 g/mol. The molecule has 0 bridgehead atoms. The summed E-state index contributed by atoms with van der Waals surface area (Å²) in [4.78, 5) is 5.10. The van der Waals surface area contributed by atoms with Crippen LogP contribution in [0.3, 0.4) is 0 Å². The SMILES string of the molecule is CCCCOc1ccccc1C(O)(c1ccccc1OCCCC)C(CC1CCCCC1)N=Cc1ccccc1O. The van der Waals surface area contributed by atoms with E-state index in [-0.39, 0.29) is 5.75 Å². The second-order valence-electron chi connectivity index (χ2n) is 11.3. The Kier molecular flexibility index (Phi) is 11.7. The Bertz CT molecular complexity index is 1180. The first-order valence-corrected chi connectivity index (χ1v) is 15.6. The van der Waals surface area contributed by atoms with Crippen LogP contribution in [0.25, 0.3) is 0 Å². The van der Waals surface area contributed by atoms with Crippen molar-refractivity contribution in [1.29, 1.82) is 0 Å². The fraction of sp³-hybridized carbons (Fsp3) is 0.472. The van der Waals surface area contributed by atoms with Crippen molar-refractivity contribution in [3.05, 3.63) is 89.5 Å². The number of aliphatic hydroxyl groups is 1. The van der Waals surface area contributed by atoms with Crippen molar-refractivity contribution >= 4 is 6.21 Å². The fourth-order valence-corrected chi connectivity index (χ4v) is 5.82. The zero-order chi connectivity index (χ0) is 28.9. The number of phenols is 1. The van der Waals surface area contributed by atoms with Crippen LogP contribution in [-0.2, 0) is 5.60 Å². The molecule has 3 aromatic rings. The van der Waals surface area contributed by atoms with Gasteiger partial charge in [0.25, 0.3) is 0 Å². The highest BCUT2D eigenvalue weighted by Gasteiger charge is 2.45. The van der Waals surface area contributed by atoms with Crippen LogP contribution < -0.4 is 9.47 Å². The first-order chi connectivity index (χ1) is 20.1. The molecule has 5 nitrogen and oxygen atoms in total. The highest BCUT2D eigenvalue weighted by Crippen LogP contribution is 2.46. The van der Waals surface area contributed by atoms with E-state index in [9.17, 15) is 10.2 Å². The molecular formula is C36H47NO4. The third-order valence-corrected chi connectivity index (χ3v) is 8.20. The minimum absolute atomic E-state index is 0.169. The Hall–Kier alpha value is -3.31. The number of aromatic hydroxyl groups is 1. The lowest BCUT2D eigenvalue weighted by Gasteiger charge is -2.39. The lowest BCUT2D eigenvalue weighted by Crippen LogP contribution is -2.42. The second kappa shape index (κ2) is 15.6. The molecule has 1 aliphatic rings. The second-order valence-corrected chi connectivity index (χ2v) is 11.3. The van der Waals surface area contributed by atoms with E-state index in [0.29, 0.717) is 53.7 Å². The summed E-state index contributed by atoms with van der Waals surface area (Å²) in [5.74, 6) is 1.95. The van der Waals surface area contributed by atoms with Gasteiger partial charge >= 0.3 is 0 Å². The quantitative estimate of drug-likeness (QED) is 0.145. The van der Waals surface area contributed by atoms with Crippen LogP contribution in [0.1, 0.15) is 94.7 Å². The highest BCUT2D eigenvalue weighted by atomic mass is 16.5. The topological polar surface area (TPSA) is 71.3 Å². The van der Waals surface area contributed by atoms with Gasteiger partial charge in [-0.1, -0.05) is 107 Å². The van der Waals surface area contributed by atoms with Crippen LogP contribution in [-0.4, -0.2) is 35.7 Å². The molecular weight excluding hydrogens is 510 g/mol. The number of nitrogens with zero attached hydrogens (tertiary/aromatic N) is 1. The van der Waals surface area contributed by atoms with Crippen molar-refractivity contribution in [2.75, 3.05) is 13.2 Å². The van der Waals surface area contributed by atoms with Gasteiger partial charge in [-0.25, -0.2) is 0 Å². The Labute approximate surface area is 246 Å². The zero-order valence-electron chi connectivity index (χ0n) is 24.8. The van der Waals surface area contributed by atoms with E-state index in [1.807, 2.05) is 60.7 Å². The molecule has 2 N–H and O–H groups in total. The van der Waals surface area contributed by atoms with Crippen LogP contribution >= 0.6 is 0 Å². The minimum atomic E-state index is -1.52. The summed E-state index contributed by atoms with van der Waals surface area (Å²) < 4.78 is 12.6. The molecule has 1 atom stereocenters. The summed E-state index contributed by atoms with van der Waals surface area (Å²) in [7, 11) is 0. The molecule has 1 saturated carbocycles. The van der Waals surface area contributed by atoms with Crippen molar-refractivity contribution in [3.8, 4) is 17.2 Å². The third-order valence-electron chi connectivity index (χ3n) is 8.20. The summed E-state index contributed by atoms with van der Waals surface area (Å²) >= 11 is 0. The monoisotopic (exact) mass is 557 g/mol. The zero-order valence-corrected chi connectivity index (χ0v) is 24.8. The molecule has 1 unspecified atom stereocenters. The van der Waals surface area contributed by atoms with Gasteiger partial charge in [0.05, 0.1) is 19.3 Å². The van der Waals surface area contributed by atoms with Crippen LogP contribution in [0.4, 0.5) is 0 Å². The van der Waals surface area contributed by atoms with Crippen LogP contribution in [0, 0.1) is 5.92 Å². The largest absolute Gasteiger partial charge is 0.507 e. The minimum Gasteiger partial charge on any atom is -0.507 e. The predicted octanol–water partition coefficient (Wildman–Crippen LogP) is 8.44. The van der Waals surface area contributed by atoms with Gasteiger partial charge < -0.3 is 19.7 Å². The standard InChI is InChI=1S/C36H47NO4/c1-3-5-24-40-33-22-14-11-19-30(33)36(39,31-20-12-15-23-34(31)41-25-6-4-2)35(26-28-16-8-7-9-17-28)37-27-29-18-10-13-21-32(29)38/h10-15,18-23,27-28,35,38-39H,3-9,16-17,24-26H2,1-2H3. The molecule has 0 heterocycles. The van der Waals surface area contributed by atoms with Crippen LogP contribution in [0.5, 0.6) is 17.2 Å². The maximum absolute atomic E-state index is 13.2. The average Bonchev–Trinajstić information content (AvgIpc) is 3.01. The van der Waals surface area contributed by atoms with Crippen molar-refractivity contribution in [2.24, 2.45) is 10.9 Å². The van der Waals surface area contributed by atoms with E-state index in [1.165, 1.54) is 19.3 Å². The van der Waals surface area contributed by atoms with Gasteiger partial charge in [-0.15, -0.1) is 0 Å². The lowest BCUT2D eigenvalue weighted by atomic mass is 9.74. The van der Waals surface area contributed by atoms with Gasteiger partial charge in [-0.2, -0.15) is 0 Å². The van der Waals surface area contributed by atoms with Gasteiger partial charge in [0, 0.05) is 22.9 Å². The summed E-state index contributed by atoms with van der Waals surface area (Å²) in [6.45, 7) is 5.44. The number of hydrogen-bond acceptors (Lipinski definition) is 5. The molecule has 0 aliphatic heterocycles. The van der Waals surface area contributed by atoms with E-state index in [4.69, 9.17) is 14.5 Å². The van der Waals surface area contributed by atoms with Crippen molar-refractivity contribution in [1.82, 2.24) is 0 Å². The number of benzene rings is 3. The summed E-state index contributed by atoms with van der Waals surface area (Å²) in [5, 5.41) is 23.7. The Morgan fingerprint density at radius 2 is 1.34 bits per heavy atom. The Balaban J connectivity index is 1.88. The van der Waals surface area contributed by atoms with Gasteiger partial charge in [0.2, 0.25) is 0 Å². The normalized spacial score (nSPS) is 15.2. The number of para-hydroxylation sites is 3. The van der Waals surface area contributed by atoms with Gasteiger partial charge in [-0.05, 0) is 49.4 Å². The van der Waals surface area contributed by atoms with Crippen molar-refractivity contribution in [2.45, 2.75) is 89.7 Å². The Morgan fingerprint density at radius 3 is 1.90 bits per heavy atom. The van der Waals surface area contributed by atoms with E-state index in [0.717, 1.165) is 38.5 Å². The van der Waals surface area contributed by atoms with Gasteiger partial charge in [-0.3, -0.25) is 4.99 Å². The number of ether oxygens (including phenoxy) is 2. The van der Waals surface area contributed by atoms with Gasteiger partial charge in [0.15, 0.2) is 0 Å². The maximum Gasteiger partial charge on any atom is 0.144 e. The molecule has 41 heavy (non-hydrogen) atoms. The molecule has 0 amide bonds. The highest BCUT2D eigenvalue weighted by molar-refractivity contribution is 5.83. The summed E-state index contributed by atoms with van der Waals surface area (Å²) in [6, 6.07) is 22.3. The number of phenolic OH excluding ortho intramolecular Hbond substituents is 1. The molecule has 4 rings (SSSR count). The Morgan fingerprint density at radius 1 is 0.805 bits per heavy atom. The van der Waals surface area contributed by atoms with E-state index in [2.05, 4.69) is 13.8 Å². The molecule has 0 radical (unpaired) electrons. The first kappa shape index (κ1) is 30.6.